The van der Waals surface area contributed by atoms with Gasteiger partial charge in [-0.2, -0.15) is 0 Å². The number of para-hydroxylation sites is 1. The van der Waals surface area contributed by atoms with Crippen molar-refractivity contribution in [2.75, 3.05) is 13.1 Å². The smallest absolute Gasteiger partial charge is 0.182 e. The van der Waals surface area contributed by atoms with Gasteiger partial charge >= 0.3 is 0 Å². The van der Waals surface area contributed by atoms with E-state index in [-0.39, 0.29) is 5.78 Å². The highest BCUT2D eigenvalue weighted by molar-refractivity contribution is 6.35. The fourth-order valence-corrected chi connectivity index (χ4v) is 3.70. The van der Waals surface area contributed by atoms with Crippen LogP contribution in [0.15, 0.2) is 54.7 Å². The van der Waals surface area contributed by atoms with Gasteiger partial charge in [0.1, 0.15) is 0 Å². The second-order valence-electron chi connectivity index (χ2n) is 6.67. The Morgan fingerprint density at radius 3 is 2.67 bits per heavy atom. The Hall–Kier alpha value is -1.81. The molecule has 0 aliphatic heterocycles. The van der Waals surface area contributed by atoms with Crippen LogP contribution in [0.1, 0.15) is 35.2 Å². The van der Waals surface area contributed by atoms with E-state index in [1.165, 1.54) is 0 Å². The van der Waals surface area contributed by atoms with Gasteiger partial charge in [-0.25, -0.2) is 0 Å². The first kappa shape index (κ1) is 19.9. The summed E-state index contributed by atoms with van der Waals surface area (Å²) in [5.41, 5.74) is 2.81. The third-order valence-electron chi connectivity index (χ3n) is 4.73. The van der Waals surface area contributed by atoms with E-state index in [0.717, 1.165) is 53.8 Å². The molecule has 0 amide bonds. The lowest BCUT2D eigenvalue weighted by atomic mass is 10.0. The molecule has 3 rings (SSSR count). The Labute approximate surface area is 170 Å². The number of halogens is 2. The molecule has 0 aliphatic carbocycles. The zero-order valence-corrected chi connectivity index (χ0v) is 16.7. The monoisotopic (exact) mass is 402 g/mol. The topological polar surface area (TPSA) is 44.9 Å². The molecule has 27 heavy (non-hydrogen) atoms. The molecule has 3 nitrogen and oxygen atoms in total. The number of benzene rings is 2. The summed E-state index contributed by atoms with van der Waals surface area (Å²) in [6, 6.07) is 15.7. The van der Waals surface area contributed by atoms with Crippen LogP contribution in [0.25, 0.3) is 10.9 Å². The molecule has 0 saturated carbocycles. The Bertz CT molecular complexity index is 891. The Morgan fingerprint density at radius 2 is 1.81 bits per heavy atom. The number of hydrogen-bond donors (Lipinski definition) is 2. The van der Waals surface area contributed by atoms with Crippen molar-refractivity contribution in [1.82, 2.24) is 10.3 Å². The summed E-state index contributed by atoms with van der Waals surface area (Å²) in [6.07, 6.45) is 5.27. The fraction of sp³-hybridized carbons (Fsp3) is 0.318. The fourth-order valence-electron chi connectivity index (χ4n) is 3.20. The van der Waals surface area contributed by atoms with E-state index >= 15 is 0 Å². The molecular formula is C22H24Cl2N2O. The van der Waals surface area contributed by atoms with E-state index in [0.29, 0.717) is 12.0 Å². The summed E-state index contributed by atoms with van der Waals surface area (Å²) < 4.78 is 0. The van der Waals surface area contributed by atoms with E-state index in [1.54, 1.807) is 6.20 Å². The Balaban J connectivity index is 1.35. The normalized spacial score (nSPS) is 12.4. The highest BCUT2D eigenvalue weighted by atomic mass is 35.5. The highest BCUT2D eigenvalue weighted by Crippen LogP contribution is 2.22. The second-order valence-corrected chi connectivity index (χ2v) is 7.60. The number of alkyl halides is 1. The summed E-state index contributed by atoms with van der Waals surface area (Å²) >= 11 is 12.5. The molecule has 1 atom stereocenters. The maximum absolute atomic E-state index is 12.6. The average Bonchev–Trinajstić information content (AvgIpc) is 3.12. The van der Waals surface area contributed by atoms with Crippen LogP contribution in [0.5, 0.6) is 0 Å². The molecule has 1 aromatic heterocycles. The van der Waals surface area contributed by atoms with Gasteiger partial charge < -0.3 is 10.3 Å². The number of aromatic nitrogens is 1. The van der Waals surface area contributed by atoms with Crippen molar-refractivity contribution < 1.29 is 4.79 Å². The number of nitrogens with one attached hydrogen (secondary N) is 2. The molecule has 2 aromatic carbocycles. The maximum atomic E-state index is 12.6. The van der Waals surface area contributed by atoms with Crippen LogP contribution in [0.3, 0.4) is 0 Å². The van der Waals surface area contributed by atoms with Crippen molar-refractivity contribution in [1.29, 1.82) is 0 Å². The minimum atomic E-state index is -0.479. The molecule has 0 aliphatic rings. The second kappa shape index (κ2) is 9.93. The van der Waals surface area contributed by atoms with E-state index in [2.05, 4.69) is 16.4 Å². The molecule has 0 fully saturated rings. The number of Topliss-reactive ketones (excluding diaryl/α,β-unsaturated/α-hetero) is 1. The number of ketones is 1. The molecule has 1 unspecified atom stereocenters. The first-order valence-electron chi connectivity index (χ1n) is 9.35. The van der Waals surface area contributed by atoms with E-state index in [9.17, 15) is 4.79 Å². The number of rotatable bonds is 10. The molecule has 0 bridgehead atoms. The van der Waals surface area contributed by atoms with Gasteiger partial charge in [0, 0.05) is 27.7 Å². The number of carbonyl (C=O) groups is 1. The van der Waals surface area contributed by atoms with Gasteiger partial charge in [0.15, 0.2) is 5.78 Å². The number of aromatic amines is 1. The van der Waals surface area contributed by atoms with Crippen LogP contribution in [-0.4, -0.2) is 29.2 Å². The molecule has 0 radical (unpaired) electrons. The summed E-state index contributed by atoms with van der Waals surface area (Å²) in [4.78, 5) is 15.7. The zero-order valence-electron chi connectivity index (χ0n) is 15.2. The van der Waals surface area contributed by atoms with Crippen molar-refractivity contribution in [2.45, 2.75) is 31.1 Å². The molecule has 5 heteroatoms. The molecule has 142 valence electrons. The molecule has 2 N–H and O–H groups in total. The highest BCUT2D eigenvalue weighted by Gasteiger charge is 2.20. The van der Waals surface area contributed by atoms with Crippen LogP contribution < -0.4 is 5.32 Å². The van der Waals surface area contributed by atoms with Crippen LogP contribution in [-0.2, 0) is 6.42 Å². The van der Waals surface area contributed by atoms with Crippen molar-refractivity contribution in [3.05, 3.63) is 70.9 Å². The first-order chi connectivity index (χ1) is 13.2. The number of unbranched alkanes of at least 4 members (excludes halogenated alkanes) is 1. The molecule has 0 saturated heterocycles. The quantitative estimate of drug-likeness (QED) is 0.262. The van der Waals surface area contributed by atoms with Gasteiger partial charge in [-0.05, 0) is 50.0 Å². The minimum Gasteiger partial charge on any atom is -0.360 e. The largest absolute Gasteiger partial charge is 0.360 e. The predicted molar refractivity (Wildman–Crippen MR) is 114 cm³/mol. The van der Waals surface area contributed by atoms with Gasteiger partial charge in [-0.3, -0.25) is 4.79 Å². The van der Waals surface area contributed by atoms with E-state index in [4.69, 9.17) is 23.2 Å². The molecule has 3 aromatic rings. The van der Waals surface area contributed by atoms with Gasteiger partial charge in [-0.15, -0.1) is 11.6 Å². The van der Waals surface area contributed by atoms with Crippen LogP contribution in [0.2, 0.25) is 5.02 Å². The van der Waals surface area contributed by atoms with Crippen LogP contribution in [0.4, 0.5) is 0 Å². The lowest BCUT2D eigenvalue weighted by Gasteiger charge is -2.09. The van der Waals surface area contributed by atoms with Crippen LogP contribution >= 0.6 is 23.2 Å². The average molecular weight is 403 g/mol. The lowest BCUT2D eigenvalue weighted by Crippen LogP contribution is -2.19. The number of fused-ring (bicyclic) bond motifs is 1. The van der Waals surface area contributed by atoms with Gasteiger partial charge in [0.05, 0.1) is 5.38 Å². The lowest BCUT2D eigenvalue weighted by molar-refractivity contribution is 0.0985. The van der Waals surface area contributed by atoms with Crippen molar-refractivity contribution in [3.63, 3.8) is 0 Å². The number of H-pyrrole nitrogens is 1. The summed E-state index contributed by atoms with van der Waals surface area (Å²) in [5.74, 6) is 0.000736. The Kier molecular flexibility index (Phi) is 7.33. The SMILES string of the molecule is O=C(c1c[nH]c2ccccc12)C(Cl)CCCCNCCc1ccccc1Cl. The van der Waals surface area contributed by atoms with E-state index < -0.39 is 5.38 Å². The third-order valence-corrected chi connectivity index (χ3v) is 5.51. The summed E-state index contributed by atoms with van der Waals surface area (Å²) in [7, 11) is 0. The molecule has 1 heterocycles. The van der Waals surface area contributed by atoms with Crippen molar-refractivity contribution >= 4 is 39.9 Å². The van der Waals surface area contributed by atoms with E-state index in [1.807, 2.05) is 42.5 Å². The number of carbonyl (C=O) groups excluding carboxylic acids is 1. The minimum absolute atomic E-state index is 0.000736. The van der Waals surface area contributed by atoms with Gasteiger partial charge in [-0.1, -0.05) is 54.4 Å². The molecule has 0 spiro atoms. The first-order valence-corrected chi connectivity index (χ1v) is 10.2. The number of hydrogen-bond acceptors (Lipinski definition) is 2. The van der Waals surface area contributed by atoms with Gasteiger partial charge in [0.25, 0.3) is 0 Å². The van der Waals surface area contributed by atoms with Gasteiger partial charge in [0.2, 0.25) is 0 Å². The van der Waals surface area contributed by atoms with Crippen molar-refractivity contribution in [3.8, 4) is 0 Å². The summed E-state index contributed by atoms with van der Waals surface area (Å²) in [5, 5.41) is 4.70. The van der Waals surface area contributed by atoms with Crippen molar-refractivity contribution in [2.24, 2.45) is 0 Å². The standard InChI is InChI=1S/C22H24Cl2N2O/c23-19-9-3-1-7-16(19)12-14-25-13-6-5-10-20(24)22(27)18-15-26-21-11-4-2-8-17(18)21/h1-4,7-9,11,15,20,25-26H,5-6,10,12-14H2. The summed E-state index contributed by atoms with van der Waals surface area (Å²) in [6.45, 7) is 1.80. The maximum Gasteiger partial charge on any atom is 0.182 e. The molecular weight excluding hydrogens is 379 g/mol. The Morgan fingerprint density at radius 1 is 1.04 bits per heavy atom. The van der Waals surface area contributed by atoms with Crippen LogP contribution in [0, 0.1) is 0 Å². The predicted octanol–water partition coefficient (Wildman–Crippen LogP) is 5.61. The third kappa shape index (κ3) is 5.35. The zero-order chi connectivity index (χ0) is 19.1.